The molecule has 8 heteroatoms. The number of nitrogens with zero attached hydrogens (tertiary/aromatic N) is 2. The first-order valence-electron chi connectivity index (χ1n) is 7.76. The summed E-state index contributed by atoms with van der Waals surface area (Å²) in [6.45, 7) is 2.26. The molecule has 132 valence electrons. The number of benzene rings is 2. The number of aromatic nitrogens is 2. The second-order valence-corrected chi connectivity index (χ2v) is 8.10. The highest BCUT2D eigenvalue weighted by atomic mass is 79.9. The van der Waals surface area contributed by atoms with Gasteiger partial charge in [0.15, 0.2) is 16.5 Å². The van der Waals surface area contributed by atoms with E-state index in [9.17, 15) is 9.90 Å². The first kappa shape index (κ1) is 17.5. The Balaban J connectivity index is 1.97. The van der Waals surface area contributed by atoms with Crippen molar-refractivity contribution in [3.8, 4) is 11.5 Å². The lowest BCUT2D eigenvalue weighted by molar-refractivity contribution is 0.317. The predicted octanol–water partition coefficient (Wildman–Crippen LogP) is 4.09. The molecule has 0 aliphatic rings. The van der Waals surface area contributed by atoms with Gasteiger partial charge in [0.2, 0.25) is 0 Å². The van der Waals surface area contributed by atoms with Crippen LogP contribution in [-0.2, 0) is 0 Å². The molecule has 5 nitrogen and oxygen atoms in total. The van der Waals surface area contributed by atoms with Gasteiger partial charge in [-0.2, -0.15) is 0 Å². The lowest BCUT2D eigenvalue weighted by Gasteiger charge is -2.10. The average molecular weight is 496 g/mol. The molecule has 0 unspecified atom stereocenters. The number of rotatable bonds is 3. The highest BCUT2D eigenvalue weighted by molar-refractivity contribution is 9.13. The first-order chi connectivity index (χ1) is 12.5. The largest absolute Gasteiger partial charge is 0.503 e. The van der Waals surface area contributed by atoms with Crippen molar-refractivity contribution in [3.05, 3.63) is 59.7 Å². The van der Waals surface area contributed by atoms with E-state index in [0.29, 0.717) is 30.8 Å². The fourth-order valence-corrected chi connectivity index (χ4v) is 4.55. The normalized spacial score (nSPS) is 12.3. The lowest BCUT2D eigenvalue weighted by atomic mass is 10.2. The third kappa shape index (κ3) is 2.72. The van der Waals surface area contributed by atoms with E-state index < -0.39 is 0 Å². The highest BCUT2D eigenvalue weighted by Crippen LogP contribution is 2.42. The van der Waals surface area contributed by atoms with Crippen LogP contribution < -0.4 is 14.8 Å². The number of imidazole rings is 1. The van der Waals surface area contributed by atoms with E-state index in [4.69, 9.17) is 4.74 Å². The monoisotopic (exact) mass is 494 g/mol. The Morgan fingerprint density at radius 3 is 2.85 bits per heavy atom. The van der Waals surface area contributed by atoms with Crippen LogP contribution >= 0.6 is 43.2 Å². The van der Waals surface area contributed by atoms with E-state index in [1.807, 2.05) is 31.2 Å². The Labute approximate surface area is 168 Å². The molecule has 0 aliphatic carbocycles. The zero-order valence-corrected chi connectivity index (χ0v) is 17.5. The molecular weight excluding hydrogens is 484 g/mol. The molecule has 2 heterocycles. The summed E-state index contributed by atoms with van der Waals surface area (Å²) in [5, 5.41) is 10.2. The number of hydrogen-bond acceptors (Lipinski definition) is 5. The van der Waals surface area contributed by atoms with Crippen LogP contribution in [0.25, 0.3) is 22.1 Å². The maximum atomic E-state index is 12.9. The molecule has 0 saturated carbocycles. The number of hydrogen-bond donors (Lipinski definition) is 1. The quantitative estimate of drug-likeness (QED) is 0.465. The van der Waals surface area contributed by atoms with E-state index >= 15 is 0 Å². The van der Waals surface area contributed by atoms with Crippen LogP contribution in [-0.4, -0.2) is 21.1 Å². The van der Waals surface area contributed by atoms with Gasteiger partial charge in [-0.1, -0.05) is 23.5 Å². The van der Waals surface area contributed by atoms with Gasteiger partial charge in [-0.05, 0) is 68.6 Å². The Bertz CT molecular complexity index is 1260. The molecule has 2 aromatic carbocycles. The predicted molar refractivity (Wildman–Crippen MR) is 110 cm³/mol. The van der Waals surface area contributed by atoms with Crippen LogP contribution in [0.15, 0.2) is 44.1 Å². The fourth-order valence-electron chi connectivity index (χ4n) is 2.74. The molecule has 0 amide bonds. The molecule has 0 aliphatic heterocycles. The molecule has 0 fully saturated rings. The van der Waals surface area contributed by atoms with Crippen LogP contribution in [0.2, 0.25) is 0 Å². The van der Waals surface area contributed by atoms with Crippen molar-refractivity contribution < 1.29 is 9.84 Å². The Hall–Kier alpha value is -1.90. The summed E-state index contributed by atoms with van der Waals surface area (Å²) < 4.78 is 8.78. The summed E-state index contributed by atoms with van der Waals surface area (Å²) in [5.41, 5.74) is 2.20. The van der Waals surface area contributed by atoms with Crippen molar-refractivity contribution in [2.24, 2.45) is 0 Å². The highest BCUT2D eigenvalue weighted by Gasteiger charge is 2.15. The van der Waals surface area contributed by atoms with E-state index in [0.717, 1.165) is 16.6 Å². The molecule has 0 saturated heterocycles. The standard InChI is InChI=1S/C18H12Br2N2O3S/c1-2-25-12-7-9(14(19)15(20)16(12)23)8-13-17(24)22-11-6-4-3-5-10(11)21-18(22)26-13/h3-8,23H,2H2,1H3. The van der Waals surface area contributed by atoms with E-state index in [2.05, 4.69) is 36.8 Å². The average Bonchev–Trinajstić information content (AvgIpc) is 3.14. The number of halogens is 2. The second kappa shape index (κ2) is 6.68. The van der Waals surface area contributed by atoms with Gasteiger partial charge in [0.1, 0.15) is 0 Å². The molecule has 0 radical (unpaired) electrons. The smallest absolute Gasteiger partial charge is 0.274 e. The van der Waals surface area contributed by atoms with Gasteiger partial charge >= 0.3 is 0 Å². The third-order valence-electron chi connectivity index (χ3n) is 3.91. The third-order valence-corrected chi connectivity index (χ3v) is 7.03. The number of para-hydroxylation sites is 2. The summed E-state index contributed by atoms with van der Waals surface area (Å²) in [7, 11) is 0. The van der Waals surface area contributed by atoms with Crippen molar-refractivity contribution in [3.63, 3.8) is 0 Å². The van der Waals surface area contributed by atoms with Crippen LogP contribution in [0.1, 0.15) is 12.5 Å². The van der Waals surface area contributed by atoms with Crippen LogP contribution in [0, 0.1) is 0 Å². The van der Waals surface area contributed by atoms with Gasteiger partial charge in [0.25, 0.3) is 5.56 Å². The maximum absolute atomic E-state index is 12.9. The van der Waals surface area contributed by atoms with Gasteiger partial charge in [-0.3, -0.25) is 4.79 Å². The maximum Gasteiger partial charge on any atom is 0.274 e. The van der Waals surface area contributed by atoms with Gasteiger partial charge in [-0.25, -0.2) is 9.38 Å². The van der Waals surface area contributed by atoms with Crippen LogP contribution in [0.5, 0.6) is 11.5 Å². The van der Waals surface area contributed by atoms with Gasteiger partial charge in [0.05, 0.1) is 26.6 Å². The summed E-state index contributed by atoms with van der Waals surface area (Å²) in [5.74, 6) is 0.373. The van der Waals surface area contributed by atoms with E-state index in [1.165, 1.54) is 11.3 Å². The molecule has 0 bridgehead atoms. The summed E-state index contributed by atoms with van der Waals surface area (Å²) in [6.07, 6.45) is 1.77. The summed E-state index contributed by atoms with van der Waals surface area (Å²) >= 11 is 8.14. The lowest BCUT2D eigenvalue weighted by Crippen LogP contribution is -2.22. The van der Waals surface area contributed by atoms with Crippen molar-refractivity contribution in [2.75, 3.05) is 6.61 Å². The first-order valence-corrected chi connectivity index (χ1v) is 10.2. The number of fused-ring (bicyclic) bond motifs is 3. The van der Waals surface area contributed by atoms with Gasteiger partial charge in [-0.15, -0.1) is 0 Å². The van der Waals surface area contributed by atoms with Crippen LogP contribution in [0.4, 0.5) is 0 Å². The molecule has 1 N–H and O–H groups in total. The molecule has 4 aromatic rings. The minimum Gasteiger partial charge on any atom is -0.503 e. The Kier molecular flexibility index (Phi) is 4.50. The Morgan fingerprint density at radius 2 is 2.08 bits per heavy atom. The van der Waals surface area contributed by atoms with Crippen molar-refractivity contribution in [2.45, 2.75) is 6.92 Å². The van der Waals surface area contributed by atoms with Gasteiger partial charge in [0, 0.05) is 4.47 Å². The van der Waals surface area contributed by atoms with Crippen molar-refractivity contribution >= 4 is 65.3 Å². The van der Waals surface area contributed by atoms with Crippen molar-refractivity contribution in [1.82, 2.24) is 9.38 Å². The number of phenolic OH excluding ortho intramolecular Hbond substituents is 1. The topological polar surface area (TPSA) is 63.8 Å². The van der Waals surface area contributed by atoms with E-state index in [1.54, 1.807) is 16.5 Å². The van der Waals surface area contributed by atoms with E-state index in [-0.39, 0.29) is 11.3 Å². The number of thiazole rings is 1. The number of aromatic hydroxyl groups is 1. The minimum atomic E-state index is -0.118. The molecule has 26 heavy (non-hydrogen) atoms. The zero-order valence-electron chi connectivity index (χ0n) is 13.5. The second-order valence-electron chi connectivity index (χ2n) is 5.51. The zero-order chi connectivity index (χ0) is 18.4. The fraction of sp³-hybridized carbons (Fsp3) is 0.111. The molecule has 2 aromatic heterocycles. The minimum absolute atomic E-state index is 0.0187. The summed E-state index contributed by atoms with van der Waals surface area (Å²) in [4.78, 5) is 18.0. The Morgan fingerprint density at radius 1 is 1.31 bits per heavy atom. The molecule has 4 rings (SSSR count). The SMILES string of the molecule is CCOc1cc(C=c2sc3nc4ccccc4n3c2=O)c(Br)c(Br)c1O. The van der Waals surface area contributed by atoms with Gasteiger partial charge < -0.3 is 9.84 Å². The molecule has 0 spiro atoms. The van der Waals surface area contributed by atoms with Crippen LogP contribution in [0.3, 0.4) is 0 Å². The number of ether oxygens (including phenoxy) is 1. The summed E-state index contributed by atoms with van der Waals surface area (Å²) in [6, 6.07) is 9.26. The molecular formula is C18H12Br2N2O3S. The number of phenols is 1. The van der Waals surface area contributed by atoms with Crippen molar-refractivity contribution in [1.29, 1.82) is 0 Å². The molecule has 0 atom stereocenters.